The van der Waals surface area contributed by atoms with E-state index in [1.807, 2.05) is 0 Å². The van der Waals surface area contributed by atoms with E-state index >= 15 is 0 Å². The monoisotopic (exact) mass is 274 g/mol. The molecule has 0 bridgehead atoms. The Hall–Kier alpha value is 0.380. The van der Waals surface area contributed by atoms with Gasteiger partial charge in [0, 0.05) is 0 Å². The summed E-state index contributed by atoms with van der Waals surface area (Å²) in [5, 5.41) is 0. The average Bonchev–Trinajstić information content (AvgIpc) is 1.84. The molecule has 0 heterocycles. The summed E-state index contributed by atoms with van der Waals surface area (Å²) in [6.07, 6.45) is -9.21. The van der Waals surface area contributed by atoms with Gasteiger partial charge >= 0.3 is 0 Å². The fourth-order valence-corrected chi connectivity index (χ4v) is 0.675. The average molecular weight is 274 g/mol. The molecular formula is C4H4F5I. The highest BCUT2D eigenvalue weighted by atomic mass is 127. The Morgan fingerprint density at radius 2 is 1.20 bits per heavy atom. The van der Waals surface area contributed by atoms with E-state index in [0.717, 1.165) is 22.6 Å². The van der Waals surface area contributed by atoms with Crippen molar-refractivity contribution in [2.75, 3.05) is 0 Å². The van der Waals surface area contributed by atoms with Crippen molar-refractivity contribution in [2.45, 2.75) is 22.9 Å². The summed E-state index contributed by atoms with van der Waals surface area (Å²) in [5.74, 6) is 0. The quantitative estimate of drug-likeness (QED) is 0.421. The molecule has 0 aliphatic heterocycles. The van der Waals surface area contributed by atoms with Crippen molar-refractivity contribution in [1.29, 1.82) is 0 Å². The molecule has 0 saturated heterocycles. The van der Waals surface area contributed by atoms with E-state index in [9.17, 15) is 22.0 Å². The highest BCUT2D eigenvalue weighted by Crippen LogP contribution is 2.21. The topological polar surface area (TPSA) is 0 Å². The molecule has 0 aromatic heterocycles. The Bertz CT molecular complexity index is 83.6. The molecule has 0 spiro atoms. The molecule has 6 heteroatoms. The molecule has 0 aliphatic carbocycles. The summed E-state index contributed by atoms with van der Waals surface area (Å²) >= 11 is 0.902. The molecule has 3 atom stereocenters. The van der Waals surface area contributed by atoms with E-state index < -0.39 is 22.9 Å². The molecule has 0 N–H and O–H groups in total. The summed E-state index contributed by atoms with van der Waals surface area (Å²) in [5.41, 5.74) is 0. The van der Waals surface area contributed by atoms with Crippen molar-refractivity contribution < 1.29 is 22.0 Å². The number of halogens is 6. The molecule has 0 aliphatic rings. The minimum absolute atomic E-state index is 0.902. The SMILES string of the molecule is FC(F)C(F)C(F)C(F)I. The van der Waals surface area contributed by atoms with Gasteiger partial charge in [-0.1, -0.05) is 0 Å². The van der Waals surface area contributed by atoms with E-state index in [1.165, 1.54) is 0 Å². The van der Waals surface area contributed by atoms with E-state index in [4.69, 9.17) is 0 Å². The van der Waals surface area contributed by atoms with Crippen LogP contribution in [0.1, 0.15) is 0 Å². The molecule has 3 unspecified atom stereocenters. The molecule has 0 radical (unpaired) electrons. The lowest BCUT2D eigenvalue weighted by Crippen LogP contribution is -2.30. The first-order chi connectivity index (χ1) is 4.46. The highest BCUT2D eigenvalue weighted by molar-refractivity contribution is 14.1. The van der Waals surface area contributed by atoms with Gasteiger partial charge in [-0.25, -0.2) is 22.0 Å². The normalized spacial score (nSPS) is 20.7. The zero-order chi connectivity index (χ0) is 8.31. The molecule has 0 amide bonds. The first kappa shape index (κ1) is 10.4. The van der Waals surface area contributed by atoms with Gasteiger partial charge in [0.1, 0.15) is 0 Å². The second-order valence-electron chi connectivity index (χ2n) is 1.56. The number of rotatable bonds is 3. The van der Waals surface area contributed by atoms with Gasteiger partial charge in [0.15, 0.2) is 16.5 Å². The maximum atomic E-state index is 11.9. The van der Waals surface area contributed by atoms with Crippen LogP contribution in [0.5, 0.6) is 0 Å². The summed E-state index contributed by atoms with van der Waals surface area (Å²) in [4.78, 5) is 0. The minimum atomic E-state index is -3.46. The maximum absolute atomic E-state index is 11.9. The molecule has 0 fully saturated rings. The van der Waals surface area contributed by atoms with Crippen molar-refractivity contribution in [3.05, 3.63) is 0 Å². The molecule has 0 aromatic carbocycles. The van der Waals surface area contributed by atoms with Crippen LogP contribution in [0.25, 0.3) is 0 Å². The van der Waals surface area contributed by atoms with Gasteiger partial charge in [-0.15, -0.1) is 0 Å². The summed E-state index contributed by atoms with van der Waals surface area (Å²) in [7, 11) is 0. The Morgan fingerprint density at radius 3 is 1.30 bits per heavy atom. The number of hydrogen-bond acceptors (Lipinski definition) is 0. The Balaban J connectivity index is 3.81. The minimum Gasteiger partial charge on any atom is -0.240 e. The van der Waals surface area contributed by atoms with E-state index in [-0.39, 0.29) is 0 Å². The van der Waals surface area contributed by atoms with Crippen LogP contribution in [0.2, 0.25) is 0 Å². The van der Waals surface area contributed by atoms with Gasteiger partial charge in [0.2, 0.25) is 0 Å². The van der Waals surface area contributed by atoms with Crippen molar-refractivity contribution in [1.82, 2.24) is 0 Å². The van der Waals surface area contributed by atoms with Gasteiger partial charge in [-0.3, -0.25) is 0 Å². The Kier molecular flexibility index (Phi) is 4.46. The second-order valence-corrected chi connectivity index (χ2v) is 2.75. The molecule has 0 saturated carbocycles. The zero-order valence-corrected chi connectivity index (χ0v) is 6.73. The lowest BCUT2D eigenvalue weighted by molar-refractivity contribution is -0.00623. The third-order valence-electron chi connectivity index (χ3n) is 0.786. The summed E-state index contributed by atoms with van der Waals surface area (Å²) in [6.45, 7) is 0. The van der Waals surface area contributed by atoms with Crippen LogP contribution < -0.4 is 0 Å². The zero-order valence-electron chi connectivity index (χ0n) is 4.58. The summed E-state index contributed by atoms with van der Waals surface area (Å²) < 4.78 is 55.8. The van der Waals surface area contributed by atoms with Gasteiger partial charge in [-0.2, -0.15) is 0 Å². The molecule has 0 aromatic rings. The van der Waals surface area contributed by atoms with Crippen molar-refractivity contribution in [2.24, 2.45) is 0 Å². The standard InChI is InChI=1S/C4H4F5I/c5-1(3(7)8)2(6)4(9)10/h1-4H. The lowest BCUT2D eigenvalue weighted by atomic mass is 10.3. The van der Waals surface area contributed by atoms with Gasteiger partial charge in [0.25, 0.3) is 6.43 Å². The van der Waals surface area contributed by atoms with Crippen molar-refractivity contribution >= 4 is 22.6 Å². The fourth-order valence-electron chi connectivity index (χ4n) is 0.278. The van der Waals surface area contributed by atoms with Gasteiger partial charge in [-0.05, 0) is 22.6 Å². The van der Waals surface area contributed by atoms with Crippen LogP contribution in [0.4, 0.5) is 22.0 Å². The van der Waals surface area contributed by atoms with E-state index in [0.29, 0.717) is 0 Å². The van der Waals surface area contributed by atoms with Crippen LogP contribution in [0.3, 0.4) is 0 Å². The predicted octanol–water partition coefficient (Wildman–Crippen LogP) is 2.66. The van der Waals surface area contributed by atoms with E-state index in [2.05, 4.69) is 0 Å². The molecule has 0 nitrogen and oxygen atoms in total. The second kappa shape index (κ2) is 4.30. The predicted molar refractivity (Wildman–Crippen MR) is 34.7 cm³/mol. The van der Waals surface area contributed by atoms with E-state index in [1.54, 1.807) is 0 Å². The fraction of sp³-hybridized carbons (Fsp3) is 1.00. The maximum Gasteiger partial charge on any atom is 0.272 e. The lowest BCUT2D eigenvalue weighted by Gasteiger charge is -2.11. The van der Waals surface area contributed by atoms with Crippen LogP contribution in [0, 0.1) is 0 Å². The Morgan fingerprint density at radius 1 is 0.800 bits per heavy atom. The molecule has 0 rings (SSSR count). The highest BCUT2D eigenvalue weighted by Gasteiger charge is 2.34. The first-order valence-electron chi connectivity index (χ1n) is 2.31. The van der Waals surface area contributed by atoms with Gasteiger partial charge in [0.05, 0.1) is 0 Å². The smallest absolute Gasteiger partial charge is 0.240 e. The van der Waals surface area contributed by atoms with Gasteiger partial charge < -0.3 is 0 Å². The Labute approximate surface area is 67.9 Å². The van der Waals surface area contributed by atoms with Crippen LogP contribution in [-0.4, -0.2) is 22.9 Å². The first-order valence-corrected chi connectivity index (χ1v) is 3.55. The van der Waals surface area contributed by atoms with Crippen LogP contribution >= 0.6 is 22.6 Å². The molecule has 62 valence electrons. The van der Waals surface area contributed by atoms with Crippen LogP contribution in [0.15, 0.2) is 0 Å². The van der Waals surface area contributed by atoms with Crippen molar-refractivity contribution in [3.8, 4) is 0 Å². The summed E-state index contributed by atoms with van der Waals surface area (Å²) in [6, 6.07) is 0. The molecule has 10 heavy (non-hydrogen) atoms. The third kappa shape index (κ3) is 2.98. The largest absolute Gasteiger partial charge is 0.272 e. The third-order valence-corrected chi connectivity index (χ3v) is 1.47. The number of hydrogen-bond donors (Lipinski definition) is 0. The molecular weight excluding hydrogens is 270 g/mol. The van der Waals surface area contributed by atoms with Crippen LogP contribution in [-0.2, 0) is 0 Å². The van der Waals surface area contributed by atoms with Crippen molar-refractivity contribution in [3.63, 3.8) is 0 Å². The number of alkyl halides is 6.